The van der Waals surface area contributed by atoms with Gasteiger partial charge >= 0.3 is 0 Å². The molecule has 1 aliphatic rings. The van der Waals surface area contributed by atoms with Gasteiger partial charge in [-0.2, -0.15) is 5.10 Å². The molecule has 4 aromatic rings. The Kier molecular flexibility index (Phi) is 7.11. The second-order valence-electron chi connectivity index (χ2n) is 8.09. The van der Waals surface area contributed by atoms with Gasteiger partial charge < -0.3 is 4.74 Å². The van der Waals surface area contributed by atoms with E-state index in [0.717, 1.165) is 33.8 Å². The SMILES string of the molecule is C=CCOc1ccc(-c2nn(-c3ccccc3)cc2/C=C2\SC(=S)N(Cc3ccccc3)C2=O)cc1. The van der Waals surface area contributed by atoms with Crippen LogP contribution in [0.2, 0.25) is 0 Å². The van der Waals surface area contributed by atoms with E-state index in [1.54, 1.807) is 11.0 Å². The van der Waals surface area contributed by atoms with Crippen molar-refractivity contribution in [2.75, 3.05) is 6.61 Å². The van der Waals surface area contributed by atoms with Crippen molar-refractivity contribution in [2.24, 2.45) is 0 Å². The monoisotopic (exact) mass is 509 g/mol. The number of ether oxygens (including phenoxy) is 1. The highest BCUT2D eigenvalue weighted by molar-refractivity contribution is 8.26. The number of thiocarbonyl (C=S) groups is 1. The zero-order valence-electron chi connectivity index (χ0n) is 19.4. The van der Waals surface area contributed by atoms with Gasteiger partial charge in [0.1, 0.15) is 16.7 Å². The zero-order valence-corrected chi connectivity index (χ0v) is 21.0. The molecular formula is C29H23N3O2S2. The smallest absolute Gasteiger partial charge is 0.266 e. The van der Waals surface area contributed by atoms with Gasteiger partial charge in [0.25, 0.3) is 5.91 Å². The van der Waals surface area contributed by atoms with Crippen molar-refractivity contribution in [3.63, 3.8) is 0 Å². The number of amides is 1. The lowest BCUT2D eigenvalue weighted by molar-refractivity contribution is -0.122. The maximum atomic E-state index is 13.3. The van der Waals surface area contributed by atoms with Crippen LogP contribution in [0.1, 0.15) is 11.1 Å². The van der Waals surface area contributed by atoms with Crippen molar-refractivity contribution >= 4 is 40.3 Å². The fourth-order valence-electron chi connectivity index (χ4n) is 3.84. The van der Waals surface area contributed by atoms with Crippen LogP contribution in [0.5, 0.6) is 5.75 Å². The molecule has 3 aromatic carbocycles. The predicted molar refractivity (Wildman–Crippen MR) is 150 cm³/mol. The fraction of sp³-hybridized carbons (Fsp3) is 0.0690. The summed E-state index contributed by atoms with van der Waals surface area (Å²) in [5, 5.41) is 4.86. The highest BCUT2D eigenvalue weighted by Gasteiger charge is 2.32. The Morgan fingerprint density at radius 2 is 1.67 bits per heavy atom. The molecule has 1 amide bonds. The Morgan fingerprint density at radius 1 is 0.972 bits per heavy atom. The van der Waals surface area contributed by atoms with Crippen LogP contribution >= 0.6 is 24.0 Å². The van der Waals surface area contributed by atoms with Crippen LogP contribution in [0.4, 0.5) is 0 Å². The molecule has 0 atom stereocenters. The van der Waals surface area contributed by atoms with Crippen LogP contribution in [0, 0.1) is 0 Å². The predicted octanol–water partition coefficient (Wildman–Crippen LogP) is 6.51. The number of hydrogen-bond donors (Lipinski definition) is 0. The number of para-hydroxylation sites is 1. The molecule has 5 nitrogen and oxygen atoms in total. The highest BCUT2D eigenvalue weighted by Crippen LogP contribution is 2.36. The average Bonchev–Trinajstić information content (AvgIpc) is 3.45. The molecule has 5 rings (SSSR count). The van der Waals surface area contributed by atoms with Crippen LogP contribution in [-0.4, -0.2) is 31.5 Å². The highest BCUT2D eigenvalue weighted by atomic mass is 32.2. The number of thioether (sulfide) groups is 1. The maximum Gasteiger partial charge on any atom is 0.266 e. The summed E-state index contributed by atoms with van der Waals surface area (Å²) in [4.78, 5) is 15.5. The number of carbonyl (C=O) groups is 1. The van der Waals surface area contributed by atoms with E-state index in [0.29, 0.717) is 22.4 Å². The minimum absolute atomic E-state index is 0.0968. The Bertz CT molecular complexity index is 1430. The number of rotatable bonds is 8. The molecule has 36 heavy (non-hydrogen) atoms. The summed E-state index contributed by atoms with van der Waals surface area (Å²) in [6.07, 6.45) is 5.53. The summed E-state index contributed by atoms with van der Waals surface area (Å²) < 4.78 is 8.00. The first-order valence-corrected chi connectivity index (χ1v) is 12.6. The lowest BCUT2D eigenvalue weighted by Gasteiger charge is -2.14. The van der Waals surface area contributed by atoms with Gasteiger partial charge in [0, 0.05) is 17.3 Å². The van der Waals surface area contributed by atoms with Crippen molar-refractivity contribution in [1.29, 1.82) is 0 Å². The Labute approximate surface area is 219 Å². The van der Waals surface area contributed by atoms with Crippen LogP contribution in [0.3, 0.4) is 0 Å². The number of aromatic nitrogens is 2. The first kappa shape index (κ1) is 23.8. The third-order valence-corrected chi connectivity index (χ3v) is 6.98. The Balaban J connectivity index is 1.50. The molecule has 178 valence electrons. The molecule has 7 heteroatoms. The van der Waals surface area contributed by atoms with E-state index in [1.165, 1.54) is 11.8 Å². The molecule has 1 aliphatic heterocycles. The summed E-state index contributed by atoms with van der Waals surface area (Å²) in [6.45, 7) is 4.58. The van der Waals surface area contributed by atoms with Crippen molar-refractivity contribution in [3.05, 3.63) is 120 Å². The summed E-state index contributed by atoms with van der Waals surface area (Å²) in [6, 6.07) is 27.5. The van der Waals surface area contributed by atoms with Gasteiger partial charge in [-0.25, -0.2) is 4.68 Å². The van der Waals surface area contributed by atoms with Crippen LogP contribution < -0.4 is 4.74 Å². The maximum absolute atomic E-state index is 13.3. The van der Waals surface area contributed by atoms with E-state index >= 15 is 0 Å². The second-order valence-corrected chi connectivity index (χ2v) is 9.77. The molecule has 0 radical (unpaired) electrons. The normalized spacial score (nSPS) is 14.4. The topological polar surface area (TPSA) is 47.4 Å². The van der Waals surface area contributed by atoms with Gasteiger partial charge in [-0.05, 0) is 48.0 Å². The van der Waals surface area contributed by atoms with Crippen molar-refractivity contribution in [1.82, 2.24) is 14.7 Å². The molecule has 0 saturated carbocycles. The van der Waals surface area contributed by atoms with Gasteiger partial charge in [-0.1, -0.05) is 85.2 Å². The van der Waals surface area contributed by atoms with E-state index in [2.05, 4.69) is 6.58 Å². The number of hydrogen-bond acceptors (Lipinski definition) is 5. The standard InChI is InChI=1S/C29H23N3O2S2/c1-2-17-34-25-15-13-22(14-16-25)27-23(20-32(30-27)24-11-7-4-8-12-24)18-26-28(33)31(29(35)36-26)19-21-9-5-3-6-10-21/h2-16,18,20H,1,17,19H2/b26-18-. The summed E-state index contributed by atoms with van der Waals surface area (Å²) in [5.41, 5.74) is 4.48. The molecule has 0 N–H and O–H groups in total. The third-order valence-electron chi connectivity index (χ3n) is 5.60. The van der Waals surface area contributed by atoms with Gasteiger partial charge in [-0.15, -0.1) is 0 Å². The second kappa shape index (κ2) is 10.8. The van der Waals surface area contributed by atoms with E-state index < -0.39 is 0 Å². The van der Waals surface area contributed by atoms with E-state index in [-0.39, 0.29) is 5.91 Å². The van der Waals surface area contributed by atoms with E-state index in [1.807, 2.05) is 102 Å². The molecule has 1 saturated heterocycles. The number of carbonyl (C=O) groups excluding carboxylic acids is 1. The third kappa shape index (κ3) is 5.17. The average molecular weight is 510 g/mol. The van der Waals surface area contributed by atoms with Gasteiger partial charge in [0.05, 0.1) is 22.8 Å². The van der Waals surface area contributed by atoms with Gasteiger partial charge in [0.15, 0.2) is 0 Å². The van der Waals surface area contributed by atoms with Gasteiger partial charge in [-0.3, -0.25) is 9.69 Å². The summed E-state index contributed by atoms with van der Waals surface area (Å²) in [7, 11) is 0. The molecule has 1 fully saturated rings. The minimum atomic E-state index is -0.0968. The molecule has 1 aromatic heterocycles. The molecule has 0 spiro atoms. The quantitative estimate of drug-likeness (QED) is 0.154. The minimum Gasteiger partial charge on any atom is -0.490 e. The Morgan fingerprint density at radius 3 is 2.36 bits per heavy atom. The van der Waals surface area contributed by atoms with Crippen molar-refractivity contribution < 1.29 is 9.53 Å². The molecular weight excluding hydrogens is 486 g/mol. The molecule has 2 heterocycles. The van der Waals surface area contributed by atoms with Crippen molar-refractivity contribution in [2.45, 2.75) is 6.54 Å². The largest absolute Gasteiger partial charge is 0.490 e. The van der Waals surface area contributed by atoms with Gasteiger partial charge in [0.2, 0.25) is 0 Å². The van der Waals surface area contributed by atoms with E-state index in [9.17, 15) is 4.79 Å². The number of nitrogens with zero attached hydrogens (tertiary/aromatic N) is 3. The molecule has 0 aliphatic carbocycles. The lowest BCUT2D eigenvalue weighted by atomic mass is 10.1. The molecule has 0 bridgehead atoms. The number of benzene rings is 3. The van der Waals surface area contributed by atoms with Crippen LogP contribution in [-0.2, 0) is 11.3 Å². The summed E-state index contributed by atoms with van der Waals surface area (Å²) >= 11 is 6.87. The Hall–Kier alpha value is -3.94. The molecule has 0 unspecified atom stereocenters. The first-order valence-electron chi connectivity index (χ1n) is 11.4. The van der Waals surface area contributed by atoms with Crippen molar-refractivity contribution in [3.8, 4) is 22.7 Å². The van der Waals surface area contributed by atoms with E-state index in [4.69, 9.17) is 22.1 Å². The fourth-order valence-corrected chi connectivity index (χ4v) is 5.08. The first-order chi connectivity index (χ1) is 17.6. The van der Waals surface area contributed by atoms with Crippen LogP contribution in [0.15, 0.2) is 109 Å². The summed E-state index contributed by atoms with van der Waals surface area (Å²) in [5.74, 6) is 0.657. The zero-order chi connectivity index (χ0) is 24.9. The lowest BCUT2D eigenvalue weighted by Crippen LogP contribution is -2.27. The van der Waals surface area contributed by atoms with Crippen LogP contribution in [0.25, 0.3) is 23.0 Å².